The van der Waals surface area contributed by atoms with Crippen LogP contribution in [-0.2, 0) is 33.4 Å². The van der Waals surface area contributed by atoms with Crippen LogP contribution in [0, 0.1) is 6.92 Å². The van der Waals surface area contributed by atoms with Gasteiger partial charge in [-0.05, 0) is 36.1 Å². The second kappa shape index (κ2) is 11.1. The number of hydrogen-bond donors (Lipinski definition) is 1. The minimum atomic E-state index is -2.66. The first-order chi connectivity index (χ1) is 15.9. The van der Waals surface area contributed by atoms with Gasteiger partial charge in [-0.3, -0.25) is 5.48 Å². The zero-order valence-electron chi connectivity index (χ0n) is 17.5. The van der Waals surface area contributed by atoms with Gasteiger partial charge in [0.1, 0.15) is 28.7 Å². The smallest absolute Gasteiger partial charge is 0.185 e. The highest BCUT2D eigenvalue weighted by Crippen LogP contribution is 2.36. The van der Waals surface area contributed by atoms with Crippen molar-refractivity contribution in [2.24, 2.45) is 0 Å². The third-order valence-corrected chi connectivity index (χ3v) is 8.47. The molecule has 3 heterocycles. The second-order valence-electron chi connectivity index (χ2n) is 6.84. The van der Waals surface area contributed by atoms with Crippen LogP contribution in [0.25, 0.3) is 9.88 Å². The molecule has 1 aromatic carbocycles. The maximum absolute atomic E-state index is 12.9. The SMILES string of the molecule is Cc1nc(N([C@@H](Cc2ccc(NOS(=O)[O-])cc2)c2csc(-c3cccs3)n2)[S+](C)[O-])cs1. The van der Waals surface area contributed by atoms with Crippen molar-refractivity contribution < 1.29 is 17.6 Å². The number of hydrogen-bond acceptors (Lipinski definition) is 11. The Bertz CT molecular complexity index is 1190. The van der Waals surface area contributed by atoms with Crippen molar-refractivity contribution in [3.05, 3.63) is 68.8 Å². The molecule has 3 atom stereocenters. The molecule has 0 aliphatic rings. The molecule has 174 valence electrons. The van der Waals surface area contributed by atoms with Crippen molar-refractivity contribution in [2.75, 3.05) is 16.0 Å². The van der Waals surface area contributed by atoms with Crippen LogP contribution >= 0.6 is 34.0 Å². The molecule has 0 aliphatic heterocycles. The molecule has 1 N–H and O–H groups in total. The molecule has 4 rings (SSSR count). The van der Waals surface area contributed by atoms with Crippen molar-refractivity contribution in [3.63, 3.8) is 0 Å². The normalized spacial score (nSPS) is 14.1. The van der Waals surface area contributed by atoms with E-state index in [9.17, 15) is 13.3 Å². The van der Waals surface area contributed by atoms with Gasteiger partial charge in [0.2, 0.25) is 0 Å². The summed E-state index contributed by atoms with van der Waals surface area (Å²) in [5.74, 6) is 0.651. The first kappa shape index (κ1) is 24.3. The number of benzene rings is 1. The number of anilines is 2. The van der Waals surface area contributed by atoms with Gasteiger partial charge in [0.25, 0.3) is 0 Å². The summed E-state index contributed by atoms with van der Waals surface area (Å²) in [4.78, 5) is 10.5. The predicted octanol–water partition coefficient (Wildman–Crippen LogP) is 4.86. The average Bonchev–Trinajstić information content (AvgIpc) is 3.54. The van der Waals surface area contributed by atoms with Crippen molar-refractivity contribution in [2.45, 2.75) is 19.4 Å². The Labute approximate surface area is 209 Å². The third-order valence-electron chi connectivity index (χ3n) is 4.60. The van der Waals surface area contributed by atoms with Crippen molar-refractivity contribution in [1.82, 2.24) is 9.97 Å². The van der Waals surface area contributed by atoms with Gasteiger partial charge in [0.05, 0.1) is 32.6 Å². The fraction of sp³-hybridized carbons (Fsp3) is 0.200. The minimum Gasteiger partial charge on any atom is -0.748 e. The quantitative estimate of drug-likeness (QED) is 0.173. The third kappa shape index (κ3) is 6.19. The second-order valence-corrected chi connectivity index (χ2v) is 11.5. The molecule has 0 fully saturated rings. The van der Waals surface area contributed by atoms with E-state index in [1.807, 2.05) is 47.3 Å². The van der Waals surface area contributed by atoms with E-state index in [-0.39, 0.29) is 6.04 Å². The lowest BCUT2D eigenvalue weighted by molar-refractivity contribution is 0.363. The zero-order valence-corrected chi connectivity index (χ0v) is 21.6. The summed E-state index contributed by atoms with van der Waals surface area (Å²) in [5, 5.41) is 7.74. The highest BCUT2D eigenvalue weighted by Gasteiger charge is 2.32. The first-order valence-electron chi connectivity index (χ1n) is 9.56. The van der Waals surface area contributed by atoms with Gasteiger partial charge in [0.15, 0.2) is 5.82 Å². The Morgan fingerprint density at radius 3 is 2.58 bits per heavy atom. The van der Waals surface area contributed by atoms with Crippen LogP contribution in [0.15, 0.2) is 52.5 Å². The molecule has 0 radical (unpaired) electrons. The molecular formula is C20H19N4O4S5-. The van der Waals surface area contributed by atoms with Crippen LogP contribution in [0.3, 0.4) is 0 Å². The topological polar surface area (TPSA) is 113 Å². The Balaban J connectivity index is 1.66. The fourth-order valence-corrected chi connectivity index (χ4v) is 6.60. The number of thiazole rings is 2. The molecule has 0 saturated carbocycles. The minimum absolute atomic E-state index is 0.313. The van der Waals surface area contributed by atoms with E-state index in [0.29, 0.717) is 17.9 Å². The van der Waals surface area contributed by atoms with E-state index >= 15 is 0 Å². The molecule has 8 nitrogen and oxygen atoms in total. The Morgan fingerprint density at radius 1 is 1.18 bits per heavy atom. The Hall–Kier alpha value is -1.84. The van der Waals surface area contributed by atoms with E-state index in [1.54, 1.807) is 45.4 Å². The zero-order chi connectivity index (χ0) is 23.4. The number of thiophene rings is 1. The summed E-state index contributed by atoms with van der Waals surface area (Å²) in [6.45, 7) is 1.92. The Morgan fingerprint density at radius 2 is 1.97 bits per heavy atom. The van der Waals surface area contributed by atoms with Crippen LogP contribution in [0.4, 0.5) is 11.5 Å². The lowest BCUT2D eigenvalue weighted by atomic mass is 10.0. The summed E-state index contributed by atoms with van der Waals surface area (Å²) < 4.78 is 40.2. The molecule has 2 unspecified atom stereocenters. The first-order valence-corrected chi connectivity index (χ1v) is 14.7. The summed E-state index contributed by atoms with van der Waals surface area (Å²) in [6.07, 6.45) is 2.17. The van der Waals surface area contributed by atoms with Crippen LogP contribution in [-0.4, -0.2) is 29.5 Å². The highest BCUT2D eigenvalue weighted by molar-refractivity contribution is 7.92. The molecule has 33 heavy (non-hydrogen) atoms. The lowest BCUT2D eigenvalue weighted by Crippen LogP contribution is -2.36. The molecule has 0 bridgehead atoms. The van der Waals surface area contributed by atoms with Crippen LogP contribution in [0.2, 0.25) is 0 Å². The average molecular weight is 540 g/mol. The predicted molar refractivity (Wildman–Crippen MR) is 135 cm³/mol. The van der Waals surface area contributed by atoms with E-state index in [4.69, 9.17) is 4.98 Å². The van der Waals surface area contributed by atoms with Crippen LogP contribution in [0.1, 0.15) is 22.3 Å². The summed E-state index contributed by atoms with van der Waals surface area (Å²) in [5.41, 5.74) is 4.63. The molecular weight excluding hydrogens is 521 g/mol. The van der Waals surface area contributed by atoms with E-state index in [2.05, 4.69) is 14.7 Å². The highest BCUT2D eigenvalue weighted by atomic mass is 32.2. The van der Waals surface area contributed by atoms with Gasteiger partial charge in [-0.25, -0.2) is 14.2 Å². The molecule has 0 spiro atoms. The summed E-state index contributed by atoms with van der Waals surface area (Å²) >= 11 is 0.691. The van der Waals surface area contributed by atoms with Crippen LogP contribution < -0.4 is 9.79 Å². The van der Waals surface area contributed by atoms with Crippen molar-refractivity contribution in [3.8, 4) is 9.88 Å². The van der Waals surface area contributed by atoms with E-state index in [1.165, 1.54) is 11.3 Å². The molecule has 0 saturated heterocycles. The molecule has 0 aliphatic carbocycles. The molecule has 3 aromatic heterocycles. The van der Waals surface area contributed by atoms with Crippen LogP contribution in [0.5, 0.6) is 0 Å². The molecule has 0 amide bonds. The largest absolute Gasteiger partial charge is 0.748 e. The fourth-order valence-electron chi connectivity index (χ4n) is 3.20. The van der Waals surface area contributed by atoms with Gasteiger partial charge in [-0.1, -0.05) is 18.2 Å². The number of rotatable bonds is 10. The van der Waals surface area contributed by atoms with Gasteiger partial charge < -0.3 is 9.11 Å². The maximum atomic E-state index is 12.9. The maximum Gasteiger partial charge on any atom is 0.185 e. The van der Waals surface area contributed by atoms with E-state index in [0.717, 1.165) is 26.1 Å². The lowest BCUT2D eigenvalue weighted by Gasteiger charge is -2.29. The summed E-state index contributed by atoms with van der Waals surface area (Å²) in [7, 11) is 0. The number of nitrogens with zero attached hydrogens (tertiary/aromatic N) is 3. The monoisotopic (exact) mass is 539 g/mol. The van der Waals surface area contributed by atoms with Gasteiger partial charge in [-0.2, -0.15) is 8.59 Å². The number of aromatic nitrogens is 2. The number of aryl methyl sites for hydroxylation is 1. The van der Waals surface area contributed by atoms with Gasteiger partial charge in [-0.15, -0.1) is 34.0 Å². The number of nitrogens with one attached hydrogen (secondary N) is 1. The van der Waals surface area contributed by atoms with Crippen molar-refractivity contribution in [1.29, 1.82) is 0 Å². The molecule has 4 aromatic rings. The van der Waals surface area contributed by atoms with Gasteiger partial charge >= 0.3 is 0 Å². The van der Waals surface area contributed by atoms with E-state index < -0.39 is 22.7 Å². The molecule has 13 heteroatoms. The summed E-state index contributed by atoms with van der Waals surface area (Å²) in [6, 6.07) is 10.9. The van der Waals surface area contributed by atoms with Crippen molar-refractivity contribution >= 4 is 68.2 Å². The van der Waals surface area contributed by atoms with Gasteiger partial charge in [0, 0.05) is 17.2 Å². The standard InChI is InChI=1S/C20H20N4O4S5/c1-13-21-19(12-30-13)24(32(2)25)17(16-11-31-20(22-16)18-4-3-9-29-18)10-14-5-7-15(8-6-14)23-28-33(26)27/h3-9,11-12,17,23H,10H2,1-2H3,(H,26,27)/p-1/t17-,32?/m0/s1. The Kier molecular flexibility index (Phi) is 8.14.